The molecule has 1 aliphatic heterocycles. The Labute approximate surface area is 150 Å². The van der Waals surface area contributed by atoms with E-state index in [1.807, 2.05) is 31.2 Å². The summed E-state index contributed by atoms with van der Waals surface area (Å²) in [7, 11) is 0. The molecule has 26 heavy (non-hydrogen) atoms. The van der Waals surface area contributed by atoms with Gasteiger partial charge in [0.25, 0.3) is 11.8 Å². The van der Waals surface area contributed by atoms with E-state index in [9.17, 15) is 4.79 Å². The van der Waals surface area contributed by atoms with Crippen LogP contribution in [0.25, 0.3) is 0 Å². The number of furan rings is 1. The van der Waals surface area contributed by atoms with Crippen LogP contribution in [0.15, 0.2) is 51.6 Å². The van der Waals surface area contributed by atoms with Crippen molar-refractivity contribution < 1.29 is 18.5 Å². The molecule has 1 fully saturated rings. The first-order valence-electron chi connectivity index (χ1n) is 8.54. The van der Waals surface area contributed by atoms with Gasteiger partial charge >= 0.3 is 0 Å². The van der Waals surface area contributed by atoms with Crippen LogP contribution in [0.5, 0.6) is 5.75 Å². The molecular formula is C19H19N3O4. The van der Waals surface area contributed by atoms with E-state index in [2.05, 4.69) is 10.1 Å². The fourth-order valence-corrected chi connectivity index (χ4v) is 2.98. The van der Waals surface area contributed by atoms with Gasteiger partial charge in [0.15, 0.2) is 18.2 Å². The highest BCUT2D eigenvalue weighted by Gasteiger charge is 2.31. The zero-order valence-electron chi connectivity index (χ0n) is 14.4. The second kappa shape index (κ2) is 7.03. The van der Waals surface area contributed by atoms with Gasteiger partial charge in [0.2, 0.25) is 0 Å². The first kappa shape index (κ1) is 16.4. The molecule has 134 valence electrons. The summed E-state index contributed by atoms with van der Waals surface area (Å²) in [5.74, 6) is 2.10. The van der Waals surface area contributed by atoms with Crippen LogP contribution in [0.3, 0.4) is 0 Å². The van der Waals surface area contributed by atoms with Crippen LogP contribution >= 0.6 is 0 Å². The molecule has 7 heteroatoms. The predicted molar refractivity (Wildman–Crippen MR) is 91.8 cm³/mol. The largest absolute Gasteiger partial charge is 0.484 e. The number of aryl methyl sites for hydroxylation is 1. The van der Waals surface area contributed by atoms with Gasteiger partial charge in [0.05, 0.1) is 6.26 Å². The van der Waals surface area contributed by atoms with E-state index in [1.54, 1.807) is 17.0 Å². The van der Waals surface area contributed by atoms with Crippen LogP contribution < -0.4 is 4.74 Å². The third-order valence-electron chi connectivity index (χ3n) is 4.44. The molecule has 1 atom stereocenters. The van der Waals surface area contributed by atoms with Crippen molar-refractivity contribution in [1.29, 1.82) is 0 Å². The Morgan fingerprint density at radius 3 is 2.92 bits per heavy atom. The first-order chi connectivity index (χ1) is 12.7. The third kappa shape index (κ3) is 3.46. The Hall–Kier alpha value is -3.09. The smallest absolute Gasteiger partial charge is 0.289 e. The molecule has 1 saturated heterocycles. The van der Waals surface area contributed by atoms with Gasteiger partial charge < -0.3 is 18.6 Å². The summed E-state index contributed by atoms with van der Waals surface area (Å²) in [5.41, 5.74) is 1.17. The van der Waals surface area contributed by atoms with Crippen molar-refractivity contribution in [2.24, 2.45) is 0 Å². The van der Waals surface area contributed by atoms with Crippen LogP contribution in [0.4, 0.5) is 0 Å². The number of ether oxygens (including phenoxy) is 1. The standard InChI is InChI=1S/C19H19N3O4/c1-13-4-6-15(7-5-13)25-12-17-20-18(21-26-17)14-8-9-22(11-14)19(23)16-3-2-10-24-16/h2-7,10,14H,8-9,11-12H2,1H3. The number of nitrogens with zero attached hydrogens (tertiary/aromatic N) is 3. The Kier molecular flexibility index (Phi) is 4.43. The highest BCUT2D eigenvalue weighted by atomic mass is 16.5. The second-order valence-electron chi connectivity index (χ2n) is 6.36. The Morgan fingerprint density at radius 2 is 2.15 bits per heavy atom. The highest BCUT2D eigenvalue weighted by Crippen LogP contribution is 2.26. The third-order valence-corrected chi connectivity index (χ3v) is 4.44. The van der Waals surface area contributed by atoms with E-state index in [1.165, 1.54) is 11.8 Å². The van der Waals surface area contributed by atoms with Gasteiger partial charge in [-0.3, -0.25) is 4.79 Å². The quantitative estimate of drug-likeness (QED) is 0.701. The number of amides is 1. The molecule has 0 spiro atoms. The normalized spacial score (nSPS) is 16.8. The number of likely N-dealkylation sites (tertiary alicyclic amines) is 1. The van der Waals surface area contributed by atoms with Gasteiger partial charge in [0, 0.05) is 19.0 Å². The lowest BCUT2D eigenvalue weighted by molar-refractivity contribution is 0.0759. The molecule has 0 bridgehead atoms. The maximum Gasteiger partial charge on any atom is 0.289 e. The van der Waals surface area contributed by atoms with Crippen LogP contribution in [-0.4, -0.2) is 34.0 Å². The van der Waals surface area contributed by atoms with Crippen LogP contribution in [0.2, 0.25) is 0 Å². The van der Waals surface area contributed by atoms with Gasteiger partial charge in [-0.1, -0.05) is 22.9 Å². The van der Waals surface area contributed by atoms with Crippen molar-refractivity contribution in [3.63, 3.8) is 0 Å². The summed E-state index contributed by atoms with van der Waals surface area (Å²) < 4.78 is 16.1. The molecule has 0 radical (unpaired) electrons. The molecule has 1 amide bonds. The van der Waals surface area contributed by atoms with Gasteiger partial charge in [-0.05, 0) is 37.6 Å². The monoisotopic (exact) mass is 353 g/mol. The van der Waals surface area contributed by atoms with Crippen molar-refractivity contribution in [2.45, 2.75) is 25.9 Å². The average Bonchev–Trinajstić information content (AvgIpc) is 3.41. The second-order valence-corrected chi connectivity index (χ2v) is 6.36. The lowest BCUT2D eigenvalue weighted by atomic mass is 10.1. The van der Waals surface area contributed by atoms with Crippen molar-refractivity contribution in [1.82, 2.24) is 15.0 Å². The van der Waals surface area contributed by atoms with Gasteiger partial charge in [-0.15, -0.1) is 0 Å². The maximum atomic E-state index is 12.3. The van der Waals surface area contributed by atoms with E-state index >= 15 is 0 Å². The van der Waals surface area contributed by atoms with Crippen LogP contribution in [-0.2, 0) is 6.61 Å². The molecule has 4 rings (SSSR count). The van der Waals surface area contributed by atoms with Gasteiger partial charge in [0.1, 0.15) is 5.75 Å². The summed E-state index contributed by atoms with van der Waals surface area (Å²) in [6.45, 7) is 3.44. The van der Waals surface area contributed by atoms with Crippen molar-refractivity contribution >= 4 is 5.91 Å². The average molecular weight is 353 g/mol. The minimum atomic E-state index is -0.107. The molecular weight excluding hydrogens is 334 g/mol. The van der Waals surface area contributed by atoms with Gasteiger partial charge in [-0.2, -0.15) is 4.98 Å². The molecule has 0 aliphatic carbocycles. The molecule has 2 aromatic heterocycles. The molecule has 0 N–H and O–H groups in total. The SMILES string of the molecule is Cc1ccc(OCc2nc(C3CCN(C(=O)c4ccco4)C3)no2)cc1. The van der Waals surface area contributed by atoms with Crippen molar-refractivity contribution in [2.75, 3.05) is 13.1 Å². The molecule has 0 saturated carbocycles. The fraction of sp³-hybridized carbons (Fsp3) is 0.316. The first-order valence-corrected chi connectivity index (χ1v) is 8.54. The number of carbonyl (C=O) groups is 1. The van der Waals surface area contributed by atoms with E-state index in [0.717, 1.165) is 12.2 Å². The van der Waals surface area contributed by atoms with Crippen molar-refractivity contribution in [3.8, 4) is 5.75 Å². The van der Waals surface area contributed by atoms with E-state index in [0.29, 0.717) is 30.6 Å². The maximum absolute atomic E-state index is 12.3. The summed E-state index contributed by atoms with van der Waals surface area (Å²) in [4.78, 5) is 18.5. The summed E-state index contributed by atoms with van der Waals surface area (Å²) in [6.07, 6.45) is 2.30. The van der Waals surface area contributed by atoms with Gasteiger partial charge in [-0.25, -0.2) is 0 Å². The van der Waals surface area contributed by atoms with Crippen molar-refractivity contribution in [3.05, 3.63) is 65.7 Å². The molecule has 3 aromatic rings. The number of rotatable bonds is 5. The zero-order chi connectivity index (χ0) is 17.9. The minimum absolute atomic E-state index is 0.0609. The number of benzene rings is 1. The summed E-state index contributed by atoms with van der Waals surface area (Å²) >= 11 is 0. The Morgan fingerprint density at radius 1 is 1.31 bits per heavy atom. The topological polar surface area (TPSA) is 81.6 Å². The predicted octanol–water partition coefficient (Wildman–Crippen LogP) is 3.18. The highest BCUT2D eigenvalue weighted by molar-refractivity contribution is 5.91. The Bertz CT molecular complexity index is 871. The Balaban J connectivity index is 1.34. The molecule has 1 aromatic carbocycles. The molecule has 1 unspecified atom stereocenters. The minimum Gasteiger partial charge on any atom is -0.484 e. The van der Waals surface area contributed by atoms with E-state index in [-0.39, 0.29) is 18.4 Å². The fourth-order valence-electron chi connectivity index (χ4n) is 2.98. The lowest BCUT2D eigenvalue weighted by Crippen LogP contribution is -2.28. The number of aromatic nitrogens is 2. The lowest BCUT2D eigenvalue weighted by Gasteiger charge is -2.13. The summed E-state index contributed by atoms with van der Waals surface area (Å²) in [6, 6.07) is 11.2. The van der Waals surface area contributed by atoms with E-state index < -0.39 is 0 Å². The van der Waals surface area contributed by atoms with E-state index in [4.69, 9.17) is 13.7 Å². The molecule has 7 nitrogen and oxygen atoms in total. The van der Waals surface area contributed by atoms with Crippen LogP contribution in [0.1, 0.15) is 40.2 Å². The summed E-state index contributed by atoms with van der Waals surface area (Å²) in [5, 5.41) is 4.05. The molecule has 3 heterocycles. The number of hydrogen-bond donors (Lipinski definition) is 0. The number of carbonyl (C=O) groups excluding carboxylic acids is 1. The van der Waals surface area contributed by atoms with Crippen LogP contribution in [0, 0.1) is 6.92 Å². The molecule has 1 aliphatic rings. The zero-order valence-corrected chi connectivity index (χ0v) is 14.4. The number of hydrogen-bond acceptors (Lipinski definition) is 6.